The number of nitrogens with one attached hydrogen (secondary N) is 1. The van der Waals surface area contributed by atoms with Gasteiger partial charge in [0.2, 0.25) is 0 Å². The highest BCUT2D eigenvalue weighted by molar-refractivity contribution is 5.81. The Kier molecular flexibility index (Phi) is 23.9. The van der Waals surface area contributed by atoms with Gasteiger partial charge < -0.3 is 19.5 Å². The number of ether oxygens (including phenoxy) is 3. The van der Waals surface area contributed by atoms with Crippen molar-refractivity contribution in [1.82, 2.24) is 5.32 Å². The molecule has 0 aliphatic heterocycles. The molecular weight excluding hydrogens is 430 g/mol. The fourth-order valence-corrected chi connectivity index (χ4v) is 3.97. The zero-order valence-corrected chi connectivity index (χ0v) is 22.8. The van der Waals surface area contributed by atoms with E-state index in [2.05, 4.69) is 12.2 Å². The zero-order chi connectivity index (χ0) is 25.3. The molecule has 6 nitrogen and oxygen atoms in total. The van der Waals surface area contributed by atoms with Crippen molar-refractivity contribution in [2.24, 2.45) is 5.92 Å². The normalized spacial score (nSPS) is 12.8. The summed E-state index contributed by atoms with van der Waals surface area (Å²) in [6.07, 6.45) is 21.2. The average Bonchev–Trinajstić information content (AvgIpc) is 2.84. The maximum absolute atomic E-state index is 12.5. The molecule has 0 spiro atoms. The Labute approximate surface area is 210 Å². The summed E-state index contributed by atoms with van der Waals surface area (Å²) in [5.41, 5.74) is 0. The van der Waals surface area contributed by atoms with Gasteiger partial charge in [0.05, 0.1) is 13.2 Å². The molecule has 0 bridgehead atoms. The van der Waals surface area contributed by atoms with Crippen molar-refractivity contribution in [1.29, 1.82) is 0 Å². The Morgan fingerprint density at radius 3 is 1.56 bits per heavy atom. The number of hydrogen-bond acceptors (Lipinski definition) is 5. The first-order valence-corrected chi connectivity index (χ1v) is 14.2. The van der Waals surface area contributed by atoms with E-state index >= 15 is 0 Å². The average molecular weight is 486 g/mol. The van der Waals surface area contributed by atoms with Crippen LogP contribution in [-0.2, 0) is 19.0 Å². The van der Waals surface area contributed by atoms with Crippen molar-refractivity contribution >= 4 is 12.1 Å². The molecule has 0 fully saturated rings. The summed E-state index contributed by atoms with van der Waals surface area (Å²) in [7, 11) is 1.54. The lowest BCUT2D eigenvalue weighted by atomic mass is 9.99. The van der Waals surface area contributed by atoms with Crippen LogP contribution < -0.4 is 5.32 Å². The zero-order valence-electron chi connectivity index (χ0n) is 22.8. The summed E-state index contributed by atoms with van der Waals surface area (Å²) in [4.78, 5) is 24.3. The molecule has 0 rings (SSSR count). The van der Waals surface area contributed by atoms with Crippen LogP contribution in [0.15, 0.2) is 0 Å². The largest absolute Gasteiger partial charge is 0.464 e. The summed E-state index contributed by atoms with van der Waals surface area (Å²) >= 11 is 0. The fraction of sp³-hybridized carbons (Fsp3) is 0.929. The number of carbonyl (C=O) groups is 2. The van der Waals surface area contributed by atoms with Crippen LogP contribution in [0.3, 0.4) is 0 Å². The Hall–Kier alpha value is -1.30. The number of carbonyl (C=O) groups excluding carboxylic acids is 2. The van der Waals surface area contributed by atoms with Gasteiger partial charge in [-0.25, -0.2) is 9.59 Å². The number of rotatable bonds is 24. The third-order valence-electron chi connectivity index (χ3n) is 6.50. The van der Waals surface area contributed by atoms with Gasteiger partial charge in [-0.1, -0.05) is 124 Å². The second-order valence-corrected chi connectivity index (χ2v) is 9.61. The van der Waals surface area contributed by atoms with Crippen LogP contribution >= 0.6 is 0 Å². The molecule has 6 heteroatoms. The number of methoxy groups -OCH3 is 1. The van der Waals surface area contributed by atoms with Gasteiger partial charge in [0.15, 0.2) is 0 Å². The molecule has 0 aliphatic rings. The number of unbranched alkanes of at least 4 members (excludes halogenated alkanes) is 15. The topological polar surface area (TPSA) is 73.9 Å². The highest BCUT2D eigenvalue weighted by Crippen LogP contribution is 2.14. The van der Waals surface area contributed by atoms with Gasteiger partial charge in [-0.3, -0.25) is 0 Å². The number of amides is 1. The summed E-state index contributed by atoms with van der Waals surface area (Å²) in [5.74, 6) is -0.396. The minimum absolute atomic E-state index is 0.0201. The molecule has 0 aliphatic carbocycles. The molecule has 34 heavy (non-hydrogen) atoms. The fourth-order valence-electron chi connectivity index (χ4n) is 3.97. The molecule has 2 atom stereocenters. The molecule has 0 aromatic rings. The van der Waals surface area contributed by atoms with Crippen LogP contribution in [0, 0.1) is 5.92 Å². The Balaban J connectivity index is 3.66. The van der Waals surface area contributed by atoms with Crippen molar-refractivity contribution in [3.63, 3.8) is 0 Å². The van der Waals surface area contributed by atoms with Gasteiger partial charge in [0.1, 0.15) is 12.6 Å². The maximum atomic E-state index is 12.5. The van der Waals surface area contributed by atoms with E-state index in [1.54, 1.807) is 7.11 Å². The van der Waals surface area contributed by atoms with Gasteiger partial charge in [-0.05, 0) is 12.3 Å². The first kappa shape index (κ1) is 32.7. The molecule has 0 aromatic carbocycles. The van der Waals surface area contributed by atoms with Gasteiger partial charge in [0, 0.05) is 7.11 Å². The molecule has 0 aromatic heterocycles. The van der Waals surface area contributed by atoms with E-state index in [9.17, 15) is 9.59 Å². The van der Waals surface area contributed by atoms with Gasteiger partial charge in [-0.15, -0.1) is 0 Å². The second kappa shape index (κ2) is 24.8. The lowest BCUT2D eigenvalue weighted by Crippen LogP contribution is -2.46. The van der Waals surface area contributed by atoms with E-state index in [1.807, 2.05) is 13.8 Å². The lowest BCUT2D eigenvalue weighted by Gasteiger charge is -2.22. The molecule has 0 saturated heterocycles. The third kappa shape index (κ3) is 20.1. The predicted octanol–water partition coefficient (Wildman–Crippen LogP) is 7.58. The Morgan fingerprint density at radius 2 is 1.12 bits per heavy atom. The van der Waals surface area contributed by atoms with Crippen LogP contribution in [0.4, 0.5) is 4.79 Å². The minimum atomic E-state index is -0.680. The summed E-state index contributed by atoms with van der Waals surface area (Å²) in [6.45, 7) is 7.07. The van der Waals surface area contributed by atoms with Gasteiger partial charge >= 0.3 is 12.1 Å². The summed E-state index contributed by atoms with van der Waals surface area (Å²) in [6, 6.07) is -0.680. The van der Waals surface area contributed by atoms with Crippen molar-refractivity contribution in [2.45, 2.75) is 136 Å². The Bertz CT molecular complexity index is 472. The highest BCUT2D eigenvalue weighted by Gasteiger charge is 2.27. The smallest absolute Gasteiger partial charge is 0.407 e. The number of esters is 1. The molecule has 0 heterocycles. The standard InChI is InChI=1S/C28H55NO5/c1-5-7-8-9-10-11-12-13-14-15-16-17-18-19-20-21-22-33-27(30)26(25(3)6-2)29-28(31)34-24-23-32-4/h25-26H,5-24H2,1-4H3,(H,29,31). The minimum Gasteiger partial charge on any atom is -0.464 e. The maximum Gasteiger partial charge on any atom is 0.407 e. The molecule has 2 unspecified atom stereocenters. The molecule has 0 saturated carbocycles. The number of alkyl carbamates (subject to hydrolysis) is 1. The molecule has 1 N–H and O–H groups in total. The predicted molar refractivity (Wildman–Crippen MR) is 140 cm³/mol. The van der Waals surface area contributed by atoms with Crippen LogP contribution in [0.2, 0.25) is 0 Å². The third-order valence-corrected chi connectivity index (χ3v) is 6.50. The quantitative estimate of drug-likeness (QED) is 0.113. The van der Waals surface area contributed by atoms with Crippen LogP contribution in [0.25, 0.3) is 0 Å². The molecular formula is C28H55NO5. The Morgan fingerprint density at radius 1 is 0.647 bits per heavy atom. The van der Waals surface area contributed by atoms with Gasteiger partial charge in [0.25, 0.3) is 0 Å². The number of hydrogen-bond donors (Lipinski definition) is 1. The van der Waals surface area contributed by atoms with Crippen LogP contribution in [0.1, 0.15) is 130 Å². The first-order valence-electron chi connectivity index (χ1n) is 14.2. The summed E-state index contributed by atoms with van der Waals surface area (Å²) in [5, 5.41) is 2.64. The van der Waals surface area contributed by atoms with Crippen molar-refractivity contribution in [2.75, 3.05) is 26.9 Å². The molecule has 1 amide bonds. The monoisotopic (exact) mass is 485 g/mol. The van der Waals surface area contributed by atoms with E-state index in [-0.39, 0.29) is 18.5 Å². The molecule has 202 valence electrons. The lowest BCUT2D eigenvalue weighted by molar-refractivity contribution is -0.147. The van der Waals surface area contributed by atoms with E-state index in [0.29, 0.717) is 13.2 Å². The van der Waals surface area contributed by atoms with Crippen molar-refractivity contribution < 1.29 is 23.8 Å². The first-order chi connectivity index (χ1) is 16.6. The SMILES string of the molecule is CCCCCCCCCCCCCCCCCCOC(=O)C(NC(=O)OCCOC)C(C)CC. The van der Waals surface area contributed by atoms with E-state index in [4.69, 9.17) is 14.2 Å². The molecule has 0 radical (unpaired) electrons. The van der Waals surface area contributed by atoms with E-state index in [0.717, 1.165) is 19.3 Å². The second-order valence-electron chi connectivity index (χ2n) is 9.61. The van der Waals surface area contributed by atoms with Crippen LogP contribution in [0.5, 0.6) is 0 Å². The summed E-state index contributed by atoms with van der Waals surface area (Å²) < 4.78 is 15.3. The van der Waals surface area contributed by atoms with E-state index < -0.39 is 12.1 Å². The van der Waals surface area contributed by atoms with Crippen LogP contribution in [-0.4, -0.2) is 45.0 Å². The highest BCUT2D eigenvalue weighted by atomic mass is 16.6. The van der Waals surface area contributed by atoms with Crippen molar-refractivity contribution in [3.05, 3.63) is 0 Å². The van der Waals surface area contributed by atoms with E-state index in [1.165, 1.54) is 89.9 Å². The van der Waals surface area contributed by atoms with Gasteiger partial charge in [-0.2, -0.15) is 0 Å². The van der Waals surface area contributed by atoms with Crippen molar-refractivity contribution in [3.8, 4) is 0 Å².